The second-order valence-electron chi connectivity index (χ2n) is 4.47. The number of piperidine rings is 1. The summed E-state index contributed by atoms with van der Waals surface area (Å²) in [5.74, 6) is -0.383. The largest absolute Gasteiger partial charge is 0.508 e. The van der Waals surface area contributed by atoms with Crippen LogP contribution in [0.4, 0.5) is 0 Å². The van der Waals surface area contributed by atoms with Crippen LogP contribution < -0.4 is 0 Å². The quantitative estimate of drug-likeness (QED) is 0.832. The van der Waals surface area contributed by atoms with E-state index in [0.29, 0.717) is 18.7 Å². The molecule has 0 bridgehead atoms. The van der Waals surface area contributed by atoms with Gasteiger partial charge in [0.05, 0.1) is 6.10 Å². The Morgan fingerprint density at radius 1 is 1.22 bits per heavy atom. The average Bonchev–Trinajstić information content (AvgIpc) is 2.37. The normalized spacial score (nSPS) is 16.8. The Kier molecular flexibility index (Phi) is 3.72. The van der Waals surface area contributed by atoms with Crippen LogP contribution in [0.1, 0.15) is 23.2 Å². The number of nitrogens with zero attached hydrogens (tertiary/aromatic N) is 1. The van der Waals surface area contributed by atoms with Crippen molar-refractivity contribution in [1.29, 1.82) is 0 Å². The van der Waals surface area contributed by atoms with Crippen molar-refractivity contribution in [3.63, 3.8) is 0 Å². The molecule has 5 nitrogen and oxygen atoms in total. The zero-order chi connectivity index (χ0) is 13.1. The van der Waals surface area contributed by atoms with Gasteiger partial charge in [-0.05, 0) is 25.0 Å². The van der Waals surface area contributed by atoms with Crippen LogP contribution in [-0.4, -0.2) is 47.3 Å². The molecule has 98 valence electrons. The van der Waals surface area contributed by atoms with E-state index >= 15 is 0 Å². The molecule has 0 spiro atoms. The molecule has 18 heavy (non-hydrogen) atoms. The highest BCUT2D eigenvalue weighted by Gasteiger charge is 2.23. The number of amides is 1. The molecule has 1 saturated heterocycles. The second kappa shape index (κ2) is 5.27. The molecule has 1 aliphatic rings. The molecular weight excluding hydrogens is 234 g/mol. The summed E-state index contributed by atoms with van der Waals surface area (Å²) in [6.45, 7) is 1.27. The predicted molar refractivity (Wildman–Crippen MR) is 65.7 cm³/mol. The minimum atomic E-state index is -0.171. The van der Waals surface area contributed by atoms with Gasteiger partial charge in [-0.2, -0.15) is 0 Å². The first-order valence-corrected chi connectivity index (χ1v) is 5.95. The van der Waals surface area contributed by atoms with E-state index in [0.717, 1.165) is 12.8 Å². The van der Waals surface area contributed by atoms with Crippen molar-refractivity contribution >= 4 is 5.91 Å². The van der Waals surface area contributed by atoms with Gasteiger partial charge in [-0.15, -0.1) is 0 Å². The summed E-state index contributed by atoms with van der Waals surface area (Å²) in [6.07, 6.45) is 1.84. The molecule has 1 aromatic carbocycles. The number of hydrogen-bond acceptors (Lipinski definition) is 4. The highest BCUT2D eigenvalue weighted by Crippen LogP contribution is 2.23. The van der Waals surface area contributed by atoms with Crippen LogP contribution in [0.2, 0.25) is 0 Å². The number of ether oxygens (including phenoxy) is 1. The monoisotopic (exact) mass is 251 g/mol. The molecular formula is C13H17NO4. The Hall–Kier alpha value is -1.75. The van der Waals surface area contributed by atoms with Crippen molar-refractivity contribution in [2.45, 2.75) is 18.9 Å². The Balaban J connectivity index is 2.07. The lowest BCUT2D eigenvalue weighted by Crippen LogP contribution is -2.40. The number of carbonyl (C=O) groups excluding carboxylic acids is 1. The first-order valence-electron chi connectivity index (χ1n) is 5.95. The molecule has 0 radical (unpaired) electrons. The molecule has 1 fully saturated rings. The van der Waals surface area contributed by atoms with Gasteiger partial charge in [0.2, 0.25) is 0 Å². The predicted octanol–water partition coefficient (Wildman–Crippen LogP) is 1.35. The highest BCUT2D eigenvalue weighted by atomic mass is 16.5. The maximum absolute atomic E-state index is 12.2. The van der Waals surface area contributed by atoms with E-state index < -0.39 is 0 Å². The van der Waals surface area contributed by atoms with Crippen LogP contribution >= 0.6 is 0 Å². The number of aromatic hydroxyl groups is 2. The van der Waals surface area contributed by atoms with Crippen LogP contribution in [0.15, 0.2) is 18.2 Å². The standard InChI is InChI=1S/C13H17NO4/c1-18-12-2-4-14(5-3-12)13(17)9-6-10(15)8-11(16)7-9/h6-8,12,15-16H,2-5H2,1H3. The van der Waals surface area contributed by atoms with Crippen molar-refractivity contribution in [2.75, 3.05) is 20.2 Å². The maximum Gasteiger partial charge on any atom is 0.254 e. The van der Waals surface area contributed by atoms with Crippen LogP contribution in [-0.2, 0) is 4.74 Å². The van der Waals surface area contributed by atoms with Crippen LogP contribution in [0, 0.1) is 0 Å². The molecule has 1 aliphatic heterocycles. The molecule has 1 amide bonds. The third kappa shape index (κ3) is 2.73. The molecule has 0 aromatic heterocycles. The molecule has 5 heteroatoms. The third-order valence-electron chi connectivity index (χ3n) is 3.21. The number of methoxy groups -OCH3 is 1. The Morgan fingerprint density at radius 2 is 1.78 bits per heavy atom. The summed E-state index contributed by atoms with van der Waals surface area (Å²) in [6, 6.07) is 3.93. The highest BCUT2D eigenvalue weighted by molar-refractivity contribution is 5.95. The van der Waals surface area contributed by atoms with E-state index in [2.05, 4.69) is 0 Å². The van der Waals surface area contributed by atoms with Crippen LogP contribution in [0.5, 0.6) is 11.5 Å². The number of benzene rings is 1. The molecule has 0 aliphatic carbocycles. The van der Waals surface area contributed by atoms with Crippen molar-refractivity contribution in [1.82, 2.24) is 4.90 Å². The Labute approximate surface area is 106 Å². The van der Waals surface area contributed by atoms with E-state index in [9.17, 15) is 15.0 Å². The topological polar surface area (TPSA) is 70.0 Å². The van der Waals surface area contributed by atoms with Gasteiger partial charge < -0.3 is 19.8 Å². The summed E-state index contributed by atoms with van der Waals surface area (Å²) in [7, 11) is 1.68. The summed E-state index contributed by atoms with van der Waals surface area (Å²) in [5.41, 5.74) is 0.309. The fourth-order valence-electron chi connectivity index (χ4n) is 2.20. The van der Waals surface area contributed by atoms with E-state index in [-0.39, 0.29) is 23.5 Å². The molecule has 2 rings (SSSR count). The van der Waals surface area contributed by atoms with E-state index in [1.165, 1.54) is 18.2 Å². The zero-order valence-corrected chi connectivity index (χ0v) is 10.3. The average molecular weight is 251 g/mol. The zero-order valence-electron chi connectivity index (χ0n) is 10.3. The molecule has 0 unspecified atom stereocenters. The summed E-state index contributed by atoms with van der Waals surface area (Å²) in [5, 5.41) is 18.7. The molecule has 0 atom stereocenters. The minimum Gasteiger partial charge on any atom is -0.508 e. The molecule has 0 saturated carbocycles. The summed E-state index contributed by atoms with van der Waals surface area (Å²) >= 11 is 0. The fourth-order valence-corrected chi connectivity index (χ4v) is 2.20. The Morgan fingerprint density at radius 3 is 2.28 bits per heavy atom. The van der Waals surface area contributed by atoms with Gasteiger partial charge in [-0.3, -0.25) is 4.79 Å². The number of hydrogen-bond donors (Lipinski definition) is 2. The van der Waals surface area contributed by atoms with E-state index in [1.54, 1.807) is 12.0 Å². The van der Waals surface area contributed by atoms with Gasteiger partial charge in [0, 0.05) is 31.8 Å². The van der Waals surface area contributed by atoms with Crippen molar-refractivity contribution in [3.05, 3.63) is 23.8 Å². The number of phenolic OH excluding ortho intramolecular Hbond substituents is 2. The van der Waals surface area contributed by atoms with Crippen molar-refractivity contribution < 1.29 is 19.7 Å². The molecule has 1 aromatic rings. The number of likely N-dealkylation sites (tertiary alicyclic amines) is 1. The summed E-state index contributed by atoms with van der Waals surface area (Å²) < 4.78 is 5.25. The lowest BCUT2D eigenvalue weighted by Gasteiger charge is -2.31. The van der Waals surface area contributed by atoms with Crippen molar-refractivity contribution in [3.8, 4) is 11.5 Å². The number of rotatable bonds is 2. The van der Waals surface area contributed by atoms with Crippen molar-refractivity contribution in [2.24, 2.45) is 0 Å². The lowest BCUT2D eigenvalue weighted by molar-refractivity contribution is 0.0350. The van der Waals surface area contributed by atoms with Gasteiger partial charge in [-0.1, -0.05) is 0 Å². The molecule has 2 N–H and O–H groups in total. The van der Waals surface area contributed by atoms with Crippen LogP contribution in [0.3, 0.4) is 0 Å². The molecule has 1 heterocycles. The van der Waals surface area contributed by atoms with E-state index in [4.69, 9.17) is 4.74 Å². The minimum absolute atomic E-state index is 0.106. The van der Waals surface area contributed by atoms with Crippen LogP contribution in [0.25, 0.3) is 0 Å². The first-order chi connectivity index (χ1) is 8.60. The number of carbonyl (C=O) groups is 1. The van der Waals surface area contributed by atoms with E-state index in [1.807, 2.05) is 0 Å². The maximum atomic E-state index is 12.2. The first kappa shape index (κ1) is 12.7. The van der Waals surface area contributed by atoms with Gasteiger partial charge in [0.25, 0.3) is 5.91 Å². The Bertz CT molecular complexity index is 418. The second-order valence-corrected chi connectivity index (χ2v) is 4.47. The smallest absolute Gasteiger partial charge is 0.254 e. The summed E-state index contributed by atoms with van der Waals surface area (Å²) in [4.78, 5) is 13.9. The SMILES string of the molecule is COC1CCN(C(=O)c2cc(O)cc(O)c2)CC1. The number of phenols is 2. The van der Waals surface area contributed by atoms with Gasteiger partial charge >= 0.3 is 0 Å². The van der Waals surface area contributed by atoms with Gasteiger partial charge in [0.1, 0.15) is 11.5 Å². The van der Waals surface area contributed by atoms with Gasteiger partial charge in [-0.25, -0.2) is 0 Å². The lowest BCUT2D eigenvalue weighted by atomic mass is 10.1. The fraction of sp³-hybridized carbons (Fsp3) is 0.462. The third-order valence-corrected chi connectivity index (χ3v) is 3.21. The van der Waals surface area contributed by atoms with Gasteiger partial charge in [0.15, 0.2) is 0 Å².